The fourth-order valence-corrected chi connectivity index (χ4v) is 2.05. The van der Waals surface area contributed by atoms with Crippen LogP contribution in [0.2, 0.25) is 0 Å². The number of aryl methyl sites for hydroxylation is 1. The Labute approximate surface area is 92.7 Å². The van der Waals surface area contributed by atoms with E-state index < -0.39 is 0 Å². The zero-order valence-electron chi connectivity index (χ0n) is 9.05. The predicted octanol–water partition coefficient (Wildman–Crippen LogP) is 0.124. The van der Waals surface area contributed by atoms with Gasteiger partial charge in [-0.25, -0.2) is 9.30 Å². The molecule has 1 aliphatic heterocycles. The number of imidazole rings is 1. The van der Waals surface area contributed by atoms with Crippen molar-refractivity contribution in [1.82, 2.24) is 4.57 Å². The first kappa shape index (κ1) is 9.47. The first-order chi connectivity index (χ1) is 7.72. The third-order valence-corrected chi connectivity index (χ3v) is 3.11. The lowest BCUT2D eigenvalue weighted by atomic mass is 10.3. The lowest BCUT2D eigenvalue weighted by Crippen LogP contribution is -2.30. The molecule has 0 aliphatic carbocycles. The van der Waals surface area contributed by atoms with Gasteiger partial charge in [0.2, 0.25) is 0 Å². The lowest BCUT2D eigenvalue weighted by Gasteiger charge is -2.03. The number of anilines is 1. The van der Waals surface area contributed by atoms with E-state index in [9.17, 15) is 5.21 Å². The summed E-state index contributed by atoms with van der Waals surface area (Å²) in [4.78, 5) is 2.19. The van der Waals surface area contributed by atoms with Gasteiger partial charge >= 0.3 is 0 Å². The topological polar surface area (TPSA) is 55.1 Å². The van der Waals surface area contributed by atoms with Crippen LogP contribution in [-0.4, -0.2) is 22.8 Å². The minimum absolute atomic E-state index is 0.242. The second kappa shape index (κ2) is 3.12. The van der Waals surface area contributed by atoms with Crippen LogP contribution in [0.5, 0.6) is 0 Å². The number of aromatic nitrogens is 2. The van der Waals surface area contributed by atoms with Crippen molar-refractivity contribution < 1.29 is 9.84 Å². The van der Waals surface area contributed by atoms with Gasteiger partial charge in [-0.1, -0.05) is 0 Å². The standard InChI is InChI=1S/C11H13N3O2/c1-12-9-3-2-8(13-4-5-13)6-10(9)14(16)11(12)7-15/h2-3,6,15H,4-5,7H2,1H3. The van der Waals surface area contributed by atoms with E-state index in [0.717, 1.165) is 29.0 Å². The number of nitrogens with zero attached hydrogens (tertiary/aromatic N) is 3. The van der Waals surface area contributed by atoms with Crippen LogP contribution < -0.4 is 9.63 Å². The van der Waals surface area contributed by atoms with Crippen molar-refractivity contribution >= 4 is 16.7 Å². The average Bonchev–Trinajstić information content (AvgIpc) is 3.09. The molecule has 1 aromatic heterocycles. The molecule has 16 heavy (non-hydrogen) atoms. The summed E-state index contributed by atoms with van der Waals surface area (Å²) < 4.78 is 2.54. The second-order valence-electron chi connectivity index (χ2n) is 4.09. The van der Waals surface area contributed by atoms with Crippen molar-refractivity contribution in [2.24, 2.45) is 7.05 Å². The lowest BCUT2D eigenvalue weighted by molar-refractivity contribution is -0.589. The first-order valence-electron chi connectivity index (χ1n) is 5.29. The Bertz CT molecular complexity index is 558. The number of aliphatic hydroxyl groups excluding tert-OH is 1. The fraction of sp³-hybridized carbons (Fsp3) is 0.364. The van der Waals surface area contributed by atoms with Crippen LogP contribution in [-0.2, 0) is 13.7 Å². The highest BCUT2D eigenvalue weighted by molar-refractivity contribution is 5.78. The van der Waals surface area contributed by atoms with Gasteiger partial charge in [0.15, 0.2) is 11.0 Å². The molecule has 2 aromatic rings. The minimum atomic E-state index is -0.242. The van der Waals surface area contributed by atoms with Gasteiger partial charge in [0.05, 0.1) is 7.05 Å². The molecule has 1 aromatic carbocycles. The SMILES string of the molecule is Cn1c(CO)[n+]([O-])c2cc(N3CC3)ccc21. The van der Waals surface area contributed by atoms with E-state index in [1.54, 1.807) is 11.6 Å². The molecule has 2 heterocycles. The monoisotopic (exact) mass is 219 g/mol. The molecule has 84 valence electrons. The van der Waals surface area contributed by atoms with E-state index in [1.807, 2.05) is 18.2 Å². The van der Waals surface area contributed by atoms with E-state index in [1.165, 1.54) is 0 Å². The van der Waals surface area contributed by atoms with E-state index >= 15 is 0 Å². The molecular weight excluding hydrogens is 206 g/mol. The Hall–Kier alpha value is -1.75. The van der Waals surface area contributed by atoms with Crippen LogP contribution >= 0.6 is 0 Å². The molecular formula is C11H13N3O2. The summed E-state index contributed by atoms with van der Waals surface area (Å²) >= 11 is 0. The summed E-state index contributed by atoms with van der Waals surface area (Å²) in [5.74, 6) is 0.373. The molecule has 1 fully saturated rings. The molecule has 0 atom stereocenters. The van der Waals surface area contributed by atoms with Crippen molar-refractivity contribution in [3.05, 3.63) is 29.2 Å². The molecule has 0 amide bonds. The molecule has 3 rings (SSSR count). The van der Waals surface area contributed by atoms with E-state index in [2.05, 4.69) is 4.90 Å². The summed E-state index contributed by atoms with van der Waals surface area (Å²) in [5, 5.41) is 21.0. The molecule has 0 radical (unpaired) electrons. The van der Waals surface area contributed by atoms with Gasteiger partial charge in [0.25, 0.3) is 5.82 Å². The van der Waals surface area contributed by atoms with Crippen molar-refractivity contribution in [1.29, 1.82) is 0 Å². The zero-order chi connectivity index (χ0) is 11.3. The van der Waals surface area contributed by atoms with Gasteiger partial charge in [-0.3, -0.25) is 0 Å². The largest absolute Gasteiger partial charge is 0.710 e. The molecule has 0 spiro atoms. The molecule has 0 unspecified atom stereocenters. The van der Waals surface area contributed by atoms with Crippen molar-refractivity contribution in [2.45, 2.75) is 6.61 Å². The smallest absolute Gasteiger partial charge is 0.286 e. The number of rotatable bonds is 2. The molecule has 1 saturated heterocycles. The summed E-state index contributed by atoms with van der Waals surface area (Å²) in [6.07, 6.45) is 0. The van der Waals surface area contributed by atoms with Crippen molar-refractivity contribution in [3.8, 4) is 0 Å². The summed E-state index contributed by atoms with van der Waals surface area (Å²) in [6, 6.07) is 5.82. The van der Waals surface area contributed by atoms with Gasteiger partial charge in [-0.05, 0) is 12.1 Å². The number of hydrogen-bond acceptors (Lipinski definition) is 3. The Morgan fingerprint density at radius 1 is 1.44 bits per heavy atom. The second-order valence-corrected chi connectivity index (χ2v) is 4.09. The van der Waals surface area contributed by atoms with Crippen molar-refractivity contribution in [2.75, 3.05) is 18.0 Å². The Morgan fingerprint density at radius 2 is 2.19 bits per heavy atom. The Kier molecular flexibility index (Phi) is 1.85. The Morgan fingerprint density at radius 3 is 2.81 bits per heavy atom. The first-order valence-corrected chi connectivity index (χ1v) is 5.29. The summed E-state index contributed by atoms with van der Waals surface area (Å²) in [7, 11) is 1.79. The molecule has 5 heteroatoms. The summed E-state index contributed by atoms with van der Waals surface area (Å²) in [5.41, 5.74) is 2.55. The average molecular weight is 219 g/mol. The van der Waals surface area contributed by atoms with Gasteiger partial charge in [-0.2, -0.15) is 0 Å². The zero-order valence-corrected chi connectivity index (χ0v) is 9.05. The molecule has 0 bridgehead atoms. The summed E-state index contributed by atoms with van der Waals surface area (Å²) in [6.45, 7) is 1.88. The fourth-order valence-electron chi connectivity index (χ4n) is 2.05. The van der Waals surface area contributed by atoms with Crippen LogP contribution in [0, 0.1) is 5.21 Å². The van der Waals surface area contributed by atoms with Gasteiger partial charge in [-0.15, -0.1) is 0 Å². The maximum absolute atomic E-state index is 11.9. The number of aliphatic hydroxyl groups is 1. The quantitative estimate of drug-likeness (QED) is 0.443. The highest BCUT2D eigenvalue weighted by Crippen LogP contribution is 2.25. The van der Waals surface area contributed by atoms with Crippen LogP contribution in [0.4, 0.5) is 5.69 Å². The van der Waals surface area contributed by atoms with E-state index in [0.29, 0.717) is 11.3 Å². The number of benzene rings is 1. The number of hydrogen-bond donors (Lipinski definition) is 1. The van der Waals surface area contributed by atoms with Crippen LogP contribution in [0.1, 0.15) is 5.82 Å². The number of fused-ring (bicyclic) bond motifs is 1. The molecule has 5 nitrogen and oxygen atoms in total. The van der Waals surface area contributed by atoms with Gasteiger partial charge in [0, 0.05) is 24.8 Å². The highest BCUT2D eigenvalue weighted by Gasteiger charge is 2.22. The normalized spacial score (nSPS) is 14.8. The van der Waals surface area contributed by atoms with E-state index in [-0.39, 0.29) is 6.61 Å². The predicted molar refractivity (Wildman–Crippen MR) is 60.0 cm³/mol. The molecule has 0 saturated carbocycles. The van der Waals surface area contributed by atoms with E-state index in [4.69, 9.17) is 5.11 Å². The van der Waals surface area contributed by atoms with Crippen LogP contribution in [0.3, 0.4) is 0 Å². The maximum atomic E-state index is 11.9. The third-order valence-electron chi connectivity index (χ3n) is 3.11. The Balaban J connectivity index is 2.26. The van der Waals surface area contributed by atoms with Crippen molar-refractivity contribution in [3.63, 3.8) is 0 Å². The molecule has 1 aliphatic rings. The van der Waals surface area contributed by atoms with Crippen LogP contribution in [0.15, 0.2) is 18.2 Å². The van der Waals surface area contributed by atoms with Gasteiger partial charge in [0.1, 0.15) is 6.61 Å². The maximum Gasteiger partial charge on any atom is 0.286 e. The van der Waals surface area contributed by atoms with Gasteiger partial charge < -0.3 is 15.2 Å². The highest BCUT2D eigenvalue weighted by atomic mass is 16.5. The molecule has 1 N–H and O–H groups in total. The van der Waals surface area contributed by atoms with Crippen LogP contribution in [0.25, 0.3) is 11.0 Å². The third kappa shape index (κ3) is 1.18. The minimum Gasteiger partial charge on any atom is -0.710 e.